The van der Waals surface area contributed by atoms with Crippen LogP contribution in [0.1, 0.15) is 18.5 Å². The molecule has 1 atom stereocenters. The topological polar surface area (TPSA) is 30.5 Å². The van der Waals surface area contributed by atoms with Gasteiger partial charge in [0.25, 0.3) is 0 Å². The molecule has 1 N–H and O–H groups in total. The Balaban J connectivity index is 1.78. The number of rotatable bonds is 3. The Labute approximate surface area is 131 Å². The van der Waals surface area contributed by atoms with Crippen molar-refractivity contribution < 1.29 is 9.47 Å². The maximum Gasteiger partial charge on any atom is 0.231 e. The third kappa shape index (κ3) is 2.72. The molecule has 0 saturated carbocycles. The zero-order valence-electron chi connectivity index (χ0n) is 10.8. The summed E-state index contributed by atoms with van der Waals surface area (Å²) in [4.78, 5) is 0. The van der Waals surface area contributed by atoms with Crippen molar-refractivity contribution in [1.82, 2.24) is 0 Å². The van der Waals surface area contributed by atoms with Crippen molar-refractivity contribution in [3.05, 3.63) is 51.5 Å². The van der Waals surface area contributed by atoms with Gasteiger partial charge in [0.05, 0.1) is 5.02 Å². The van der Waals surface area contributed by atoms with Gasteiger partial charge in [0.15, 0.2) is 11.5 Å². The molecule has 1 aliphatic heterocycles. The molecular formula is C15H13BrClNO2. The van der Waals surface area contributed by atoms with E-state index in [0.717, 1.165) is 27.2 Å². The largest absolute Gasteiger partial charge is 0.454 e. The molecule has 1 unspecified atom stereocenters. The van der Waals surface area contributed by atoms with Crippen LogP contribution in [0.25, 0.3) is 0 Å². The maximum atomic E-state index is 6.10. The Morgan fingerprint density at radius 3 is 2.75 bits per heavy atom. The fourth-order valence-electron chi connectivity index (χ4n) is 2.10. The summed E-state index contributed by atoms with van der Waals surface area (Å²) >= 11 is 9.48. The number of hydrogen-bond donors (Lipinski definition) is 1. The standard InChI is InChI=1S/C15H13BrClNO2/c1-9(18-11-3-4-12(16)13(17)7-11)10-2-5-14-15(6-10)20-8-19-14/h2-7,9,18H,8H2,1H3. The second-order valence-electron chi connectivity index (χ2n) is 4.61. The summed E-state index contributed by atoms with van der Waals surface area (Å²) in [7, 11) is 0. The maximum absolute atomic E-state index is 6.10. The van der Waals surface area contributed by atoms with Crippen molar-refractivity contribution in [2.24, 2.45) is 0 Å². The number of hydrogen-bond acceptors (Lipinski definition) is 3. The lowest BCUT2D eigenvalue weighted by Gasteiger charge is -2.16. The molecule has 0 saturated heterocycles. The van der Waals surface area contributed by atoms with Crippen molar-refractivity contribution in [3.8, 4) is 11.5 Å². The summed E-state index contributed by atoms with van der Waals surface area (Å²) in [6.45, 7) is 2.39. The summed E-state index contributed by atoms with van der Waals surface area (Å²) in [6.07, 6.45) is 0. The Bertz CT molecular complexity index is 648. The Morgan fingerprint density at radius 2 is 1.95 bits per heavy atom. The van der Waals surface area contributed by atoms with E-state index in [0.29, 0.717) is 11.8 Å². The molecule has 3 rings (SSSR count). The average molecular weight is 355 g/mol. The molecule has 0 bridgehead atoms. The average Bonchev–Trinajstić information content (AvgIpc) is 2.90. The van der Waals surface area contributed by atoms with Crippen molar-refractivity contribution in [2.75, 3.05) is 12.1 Å². The van der Waals surface area contributed by atoms with E-state index in [4.69, 9.17) is 21.1 Å². The van der Waals surface area contributed by atoms with Crippen LogP contribution >= 0.6 is 27.5 Å². The van der Waals surface area contributed by atoms with Gasteiger partial charge in [-0.3, -0.25) is 0 Å². The van der Waals surface area contributed by atoms with Crippen LogP contribution in [0.15, 0.2) is 40.9 Å². The molecule has 0 radical (unpaired) electrons. The molecule has 3 nitrogen and oxygen atoms in total. The number of ether oxygens (including phenoxy) is 2. The molecule has 2 aromatic carbocycles. The van der Waals surface area contributed by atoms with Gasteiger partial charge in [0.1, 0.15) is 0 Å². The number of fused-ring (bicyclic) bond motifs is 1. The minimum atomic E-state index is 0.141. The number of benzene rings is 2. The molecule has 0 aliphatic carbocycles. The molecule has 0 fully saturated rings. The first-order valence-electron chi connectivity index (χ1n) is 6.24. The number of anilines is 1. The predicted octanol–water partition coefficient (Wildman–Crippen LogP) is 5.00. The lowest BCUT2D eigenvalue weighted by molar-refractivity contribution is 0.174. The zero-order chi connectivity index (χ0) is 14.1. The highest BCUT2D eigenvalue weighted by Gasteiger charge is 2.15. The van der Waals surface area contributed by atoms with Gasteiger partial charge in [-0.05, 0) is 58.7 Å². The Kier molecular flexibility index (Phi) is 3.76. The number of nitrogens with one attached hydrogen (secondary N) is 1. The second-order valence-corrected chi connectivity index (χ2v) is 5.87. The van der Waals surface area contributed by atoms with Crippen LogP contribution < -0.4 is 14.8 Å². The van der Waals surface area contributed by atoms with E-state index in [1.54, 1.807) is 0 Å². The highest BCUT2D eigenvalue weighted by Crippen LogP contribution is 2.35. The van der Waals surface area contributed by atoms with Crippen LogP contribution in [0.2, 0.25) is 5.02 Å². The van der Waals surface area contributed by atoms with Crippen LogP contribution in [-0.4, -0.2) is 6.79 Å². The molecule has 0 aromatic heterocycles. The van der Waals surface area contributed by atoms with Gasteiger partial charge in [-0.15, -0.1) is 0 Å². The third-order valence-electron chi connectivity index (χ3n) is 3.20. The van der Waals surface area contributed by atoms with Crippen LogP contribution in [0.5, 0.6) is 11.5 Å². The van der Waals surface area contributed by atoms with Gasteiger partial charge in [-0.1, -0.05) is 17.7 Å². The van der Waals surface area contributed by atoms with E-state index in [2.05, 4.69) is 28.2 Å². The van der Waals surface area contributed by atoms with Gasteiger partial charge >= 0.3 is 0 Å². The van der Waals surface area contributed by atoms with Crippen molar-refractivity contribution in [2.45, 2.75) is 13.0 Å². The highest BCUT2D eigenvalue weighted by atomic mass is 79.9. The summed E-state index contributed by atoms with van der Waals surface area (Å²) < 4.78 is 11.6. The molecule has 20 heavy (non-hydrogen) atoms. The third-order valence-corrected chi connectivity index (χ3v) is 4.43. The van der Waals surface area contributed by atoms with Gasteiger partial charge in [0.2, 0.25) is 6.79 Å². The molecule has 0 spiro atoms. The summed E-state index contributed by atoms with van der Waals surface area (Å²) in [5, 5.41) is 4.10. The Hall–Kier alpha value is -1.39. The minimum Gasteiger partial charge on any atom is -0.454 e. The summed E-state index contributed by atoms with van der Waals surface area (Å²) in [6, 6.07) is 11.9. The molecular weight excluding hydrogens is 342 g/mol. The molecule has 5 heteroatoms. The van der Waals surface area contributed by atoms with Crippen molar-refractivity contribution in [1.29, 1.82) is 0 Å². The second kappa shape index (κ2) is 5.54. The van der Waals surface area contributed by atoms with E-state index in [1.807, 2.05) is 36.4 Å². The molecule has 104 valence electrons. The normalized spacial score (nSPS) is 14.2. The van der Waals surface area contributed by atoms with Gasteiger partial charge in [-0.2, -0.15) is 0 Å². The first-order valence-corrected chi connectivity index (χ1v) is 7.42. The van der Waals surface area contributed by atoms with E-state index >= 15 is 0 Å². The predicted molar refractivity (Wildman–Crippen MR) is 83.8 cm³/mol. The lowest BCUT2D eigenvalue weighted by atomic mass is 10.1. The van der Waals surface area contributed by atoms with Crippen molar-refractivity contribution in [3.63, 3.8) is 0 Å². The first kappa shape index (κ1) is 13.6. The van der Waals surface area contributed by atoms with E-state index in [1.165, 1.54) is 0 Å². The SMILES string of the molecule is CC(Nc1ccc(Br)c(Cl)c1)c1ccc2c(c1)OCO2. The van der Waals surface area contributed by atoms with Gasteiger partial charge < -0.3 is 14.8 Å². The fraction of sp³-hybridized carbons (Fsp3) is 0.200. The van der Waals surface area contributed by atoms with E-state index in [9.17, 15) is 0 Å². The lowest BCUT2D eigenvalue weighted by Crippen LogP contribution is -2.06. The highest BCUT2D eigenvalue weighted by molar-refractivity contribution is 9.10. The fourth-order valence-corrected chi connectivity index (χ4v) is 2.53. The first-order chi connectivity index (χ1) is 9.63. The van der Waals surface area contributed by atoms with Gasteiger partial charge in [-0.25, -0.2) is 0 Å². The Morgan fingerprint density at radius 1 is 1.15 bits per heavy atom. The van der Waals surface area contributed by atoms with Crippen molar-refractivity contribution >= 4 is 33.2 Å². The monoisotopic (exact) mass is 353 g/mol. The molecule has 1 heterocycles. The summed E-state index contributed by atoms with van der Waals surface area (Å²) in [5.41, 5.74) is 2.11. The number of halogens is 2. The van der Waals surface area contributed by atoms with E-state index in [-0.39, 0.29) is 6.04 Å². The van der Waals surface area contributed by atoms with E-state index < -0.39 is 0 Å². The minimum absolute atomic E-state index is 0.141. The molecule has 2 aromatic rings. The zero-order valence-corrected chi connectivity index (χ0v) is 13.2. The molecule has 1 aliphatic rings. The van der Waals surface area contributed by atoms with Crippen LogP contribution in [0.4, 0.5) is 5.69 Å². The van der Waals surface area contributed by atoms with Crippen LogP contribution in [-0.2, 0) is 0 Å². The van der Waals surface area contributed by atoms with Gasteiger partial charge in [0, 0.05) is 16.2 Å². The molecule has 0 amide bonds. The smallest absolute Gasteiger partial charge is 0.231 e. The summed E-state index contributed by atoms with van der Waals surface area (Å²) in [5.74, 6) is 1.60. The van der Waals surface area contributed by atoms with Crippen LogP contribution in [0, 0.1) is 0 Å². The quantitative estimate of drug-likeness (QED) is 0.841. The van der Waals surface area contributed by atoms with Crippen LogP contribution in [0.3, 0.4) is 0 Å².